The standard InChI is InChI=1S/C24H19F4N5O2/c1-11-4-20-21(13-3-2-12(24(26,27)28)5-19(13)35-20)32(9-11)23(34)14-6-17-16(7-15(14)25)31-22(29)18-8-30-10-33(17)18/h2-3,5-8,10-11,20-21H,4,9H2,1H3,(H2,29,31)/t11-,20+,21+/m1/s1. The van der Waals surface area contributed by atoms with Gasteiger partial charge < -0.3 is 15.4 Å². The lowest BCUT2D eigenvalue weighted by atomic mass is 9.88. The Hall–Kier alpha value is -3.89. The Kier molecular flexibility index (Phi) is 4.51. The minimum absolute atomic E-state index is 0.00179. The van der Waals surface area contributed by atoms with Crippen LogP contribution in [0, 0.1) is 11.7 Å². The Morgan fingerprint density at radius 1 is 1.20 bits per heavy atom. The number of amides is 1. The van der Waals surface area contributed by atoms with Crippen LogP contribution in [0.4, 0.5) is 23.4 Å². The molecule has 0 bridgehead atoms. The number of imidazole rings is 1. The van der Waals surface area contributed by atoms with Gasteiger partial charge in [-0.1, -0.05) is 13.0 Å². The summed E-state index contributed by atoms with van der Waals surface area (Å²) in [4.78, 5) is 23.5. The van der Waals surface area contributed by atoms with Crippen molar-refractivity contribution in [1.82, 2.24) is 19.3 Å². The van der Waals surface area contributed by atoms with E-state index in [1.54, 1.807) is 4.40 Å². The van der Waals surface area contributed by atoms with Crippen molar-refractivity contribution in [3.8, 4) is 5.75 Å². The molecule has 6 rings (SSSR count). The predicted molar refractivity (Wildman–Crippen MR) is 118 cm³/mol. The summed E-state index contributed by atoms with van der Waals surface area (Å²) in [5.41, 5.74) is 6.66. The summed E-state index contributed by atoms with van der Waals surface area (Å²) in [7, 11) is 0. The molecule has 7 nitrogen and oxygen atoms in total. The third kappa shape index (κ3) is 3.28. The van der Waals surface area contributed by atoms with Gasteiger partial charge in [0, 0.05) is 18.2 Å². The third-order valence-electron chi connectivity index (χ3n) is 6.73. The first-order valence-electron chi connectivity index (χ1n) is 11.0. The van der Waals surface area contributed by atoms with Gasteiger partial charge in [-0.15, -0.1) is 0 Å². The molecule has 0 saturated carbocycles. The molecule has 1 amide bonds. The van der Waals surface area contributed by atoms with E-state index >= 15 is 4.39 Å². The van der Waals surface area contributed by atoms with Crippen LogP contribution in [0.1, 0.15) is 40.9 Å². The van der Waals surface area contributed by atoms with Gasteiger partial charge >= 0.3 is 6.18 Å². The quantitative estimate of drug-likeness (QED) is 0.398. The first-order chi connectivity index (χ1) is 16.6. The number of ether oxygens (including phenoxy) is 1. The number of nitrogens with two attached hydrogens (primary N) is 1. The van der Waals surface area contributed by atoms with Crippen LogP contribution in [0.25, 0.3) is 16.6 Å². The second-order valence-electron chi connectivity index (χ2n) is 9.12. The molecule has 11 heteroatoms. The lowest BCUT2D eigenvalue weighted by Gasteiger charge is -2.39. The van der Waals surface area contributed by atoms with Gasteiger partial charge in [0.15, 0.2) is 0 Å². The predicted octanol–water partition coefficient (Wildman–Crippen LogP) is 4.61. The van der Waals surface area contributed by atoms with Crippen LogP contribution >= 0.6 is 0 Å². The molecule has 2 aliphatic heterocycles. The Morgan fingerprint density at radius 2 is 2.00 bits per heavy atom. The van der Waals surface area contributed by atoms with E-state index < -0.39 is 35.6 Å². The lowest BCUT2D eigenvalue weighted by molar-refractivity contribution is -0.137. The Bertz CT molecular complexity index is 1520. The summed E-state index contributed by atoms with van der Waals surface area (Å²) in [5, 5.41) is 0. The normalized spacial score (nSPS) is 21.7. The number of hydrogen-bond donors (Lipinski definition) is 1. The van der Waals surface area contributed by atoms with Crippen molar-refractivity contribution >= 4 is 28.3 Å². The van der Waals surface area contributed by atoms with E-state index in [-0.39, 0.29) is 28.6 Å². The van der Waals surface area contributed by atoms with Crippen LogP contribution in [0.2, 0.25) is 0 Å². The highest BCUT2D eigenvalue weighted by Gasteiger charge is 2.46. The van der Waals surface area contributed by atoms with Gasteiger partial charge in [0.05, 0.1) is 40.7 Å². The average molecular weight is 485 g/mol. The number of halogens is 4. The summed E-state index contributed by atoms with van der Waals surface area (Å²) in [5.74, 6) is -1.07. The van der Waals surface area contributed by atoms with Crippen LogP contribution in [0.3, 0.4) is 0 Å². The minimum Gasteiger partial charge on any atom is -0.488 e. The van der Waals surface area contributed by atoms with E-state index in [4.69, 9.17) is 10.5 Å². The van der Waals surface area contributed by atoms with Crippen LogP contribution < -0.4 is 10.5 Å². The highest BCUT2D eigenvalue weighted by Crippen LogP contribution is 2.47. The molecule has 0 unspecified atom stereocenters. The maximum absolute atomic E-state index is 15.2. The maximum atomic E-state index is 15.2. The molecule has 3 atom stereocenters. The van der Waals surface area contributed by atoms with Gasteiger partial charge in [0.2, 0.25) is 0 Å². The minimum atomic E-state index is -4.51. The summed E-state index contributed by atoms with van der Waals surface area (Å²) in [6.07, 6.45) is -1.46. The number of nitrogen functional groups attached to an aromatic ring is 1. The first kappa shape index (κ1) is 21.6. The van der Waals surface area contributed by atoms with Crippen LogP contribution in [-0.4, -0.2) is 37.8 Å². The summed E-state index contributed by atoms with van der Waals surface area (Å²) in [6, 6.07) is 5.22. The second-order valence-corrected chi connectivity index (χ2v) is 9.12. The van der Waals surface area contributed by atoms with Gasteiger partial charge in [0.1, 0.15) is 29.0 Å². The van der Waals surface area contributed by atoms with Crippen molar-refractivity contribution in [1.29, 1.82) is 0 Å². The fourth-order valence-corrected chi connectivity index (χ4v) is 5.18. The summed E-state index contributed by atoms with van der Waals surface area (Å²) >= 11 is 0. The van der Waals surface area contributed by atoms with Crippen molar-refractivity contribution in [3.63, 3.8) is 0 Å². The number of hydrogen-bond acceptors (Lipinski definition) is 5. The van der Waals surface area contributed by atoms with Gasteiger partial charge in [-0.3, -0.25) is 9.20 Å². The van der Waals surface area contributed by atoms with Crippen LogP contribution in [0.15, 0.2) is 42.9 Å². The molecular weight excluding hydrogens is 466 g/mol. The largest absolute Gasteiger partial charge is 0.488 e. The fraction of sp³-hybridized carbons (Fsp3) is 0.292. The number of carbonyl (C=O) groups excluding carboxylic acids is 1. The topological polar surface area (TPSA) is 85.8 Å². The molecule has 0 radical (unpaired) electrons. The Labute approximate surface area is 196 Å². The molecule has 2 aromatic heterocycles. The molecule has 2 N–H and O–H groups in total. The van der Waals surface area contributed by atoms with Crippen molar-refractivity contribution in [2.75, 3.05) is 12.3 Å². The van der Waals surface area contributed by atoms with E-state index in [0.29, 0.717) is 29.6 Å². The van der Waals surface area contributed by atoms with Crippen LogP contribution in [-0.2, 0) is 6.18 Å². The average Bonchev–Trinajstić information content (AvgIpc) is 3.42. The number of aromatic nitrogens is 3. The zero-order chi connectivity index (χ0) is 24.6. The van der Waals surface area contributed by atoms with E-state index in [9.17, 15) is 18.0 Å². The molecule has 0 aliphatic carbocycles. The molecule has 0 spiro atoms. The molecule has 4 aromatic rings. The third-order valence-corrected chi connectivity index (χ3v) is 6.73. The smallest absolute Gasteiger partial charge is 0.416 e. The van der Waals surface area contributed by atoms with Crippen molar-refractivity contribution in [2.24, 2.45) is 5.92 Å². The maximum Gasteiger partial charge on any atom is 0.416 e. The highest BCUT2D eigenvalue weighted by molar-refractivity contribution is 5.99. The SMILES string of the molecule is C[C@@H]1C[C@@H]2Oc3cc(C(F)(F)F)ccc3[C@@H]2N(C(=O)c2cc3c(cc2F)nc(N)c2cncn23)C1. The number of piperidine rings is 1. The molecule has 2 aromatic carbocycles. The molecule has 2 aliphatic rings. The van der Waals surface area contributed by atoms with E-state index in [1.165, 1.54) is 29.6 Å². The molecule has 4 heterocycles. The number of rotatable bonds is 1. The Balaban J connectivity index is 1.44. The van der Waals surface area contributed by atoms with Gasteiger partial charge in [-0.25, -0.2) is 14.4 Å². The number of nitrogens with zero attached hydrogens (tertiary/aromatic N) is 4. The number of carbonyl (C=O) groups is 1. The number of fused-ring (bicyclic) bond motifs is 6. The fourth-order valence-electron chi connectivity index (χ4n) is 5.18. The Morgan fingerprint density at radius 3 is 2.77 bits per heavy atom. The van der Waals surface area contributed by atoms with Crippen molar-refractivity contribution < 1.29 is 27.1 Å². The summed E-state index contributed by atoms with van der Waals surface area (Å²) in [6.45, 7) is 2.23. The van der Waals surface area contributed by atoms with Crippen LogP contribution in [0.5, 0.6) is 5.75 Å². The van der Waals surface area contributed by atoms with Gasteiger partial charge in [-0.2, -0.15) is 13.2 Å². The molecule has 180 valence electrons. The van der Waals surface area contributed by atoms with E-state index in [2.05, 4.69) is 9.97 Å². The van der Waals surface area contributed by atoms with Crippen molar-refractivity contribution in [2.45, 2.75) is 31.7 Å². The second kappa shape index (κ2) is 7.30. The van der Waals surface area contributed by atoms with E-state index in [0.717, 1.165) is 18.2 Å². The number of alkyl halides is 3. The lowest BCUT2D eigenvalue weighted by Crippen LogP contribution is -2.47. The molecule has 1 fully saturated rings. The van der Waals surface area contributed by atoms with Crippen molar-refractivity contribution in [3.05, 3.63) is 65.4 Å². The van der Waals surface area contributed by atoms with Gasteiger partial charge in [-0.05, 0) is 30.5 Å². The molecule has 1 saturated heterocycles. The number of likely N-dealkylation sites (tertiary alicyclic amines) is 1. The number of benzene rings is 2. The van der Waals surface area contributed by atoms with E-state index in [1.807, 2.05) is 6.92 Å². The highest BCUT2D eigenvalue weighted by atomic mass is 19.4. The molecular formula is C24H19F4N5O2. The summed E-state index contributed by atoms with van der Waals surface area (Å²) < 4.78 is 62.3. The van der Waals surface area contributed by atoms with Gasteiger partial charge in [0.25, 0.3) is 5.91 Å². The monoisotopic (exact) mass is 485 g/mol. The first-order valence-corrected chi connectivity index (χ1v) is 11.0. The number of anilines is 1. The zero-order valence-corrected chi connectivity index (χ0v) is 18.4. The zero-order valence-electron chi connectivity index (χ0n) is 18.4. The molecule has 35 heavy (non-hydrogen) atoms.